The van der Waals surface area contributed by atoms with Crippen LogP contribution in [0.2, 0.25) is 5.02 Å². The van der Waals surface area contributed by atoms with E-state index in [0.29, 0.717) is 23.3 Å². The normalized spacial score (nSPS) is 21.8. The van der Waals surface area contributed by atoms with Crippen molar-refractivity contribution in [3.63, 3.8) is 0 Å². The van der Waals surface area contributed by atoms with Crippen LogP contribution in [0.4, 0.5) is 15.8 Å². The van der Waals surface area contributed by atoms with E-state index in [0.717, 1.165) is 31.4 Å². The van der Waals surface area contributed by atoms with E-state index < -0.39 is 5.91 Å². The van der Waals surface area contributed by atoms with Gasteiger partial charge in [0.2, 0.25) is 0 Å². The maximum atomic E-state index is 13.1. The number of rotatable bonds is 8. The lowest BCUT2D eigenvalue weighted by atomic mass is 9.79. The Hall–Kier alpha value is -3.10. The number of amidine groups is 1. The highest BCUT2D eigenvalue weighted by Gasteiger charge is 2.34. The Balaban J connectivity index is 1.67. The highest BCUT2D eigenvalue weighted by molar-refractivity contribution is 6.30. The number of hydrogen-bond donors (Lipinski definition) is 6. The van der Waals surface area contributed by atoms with Crippen LogP contribution in [-0.2, 0) is 4.79 Å². The smallest absolute Gasteiger partial charge is 0.285 e. The van der Waals surface area contributed by atoms with Crippen LogP contribution in [0.25, 0.3) is 0 Å². The molecule has 7 nitrogen and oxygen atoms in total. The van der Waals surface area contributed by atoms with Gasteiger partial charge in [-0.15, -0.1) is 0 Å². The van der Waals surface area contributed by atoms with Crippen LogP contribution < -0.4 is 32.8 Å². The van der Waals surface area contributed by atoms with Crippen molar-refractivity contribution in [2.24, 2.45) is 17.2 Å². The molecule has 9 heteroatoms. The van der Waals surface area contributed by atoms with Crippen molar-refractivity contribution in [2.45, 2.75) is 37.3 Å². The van der Waals surface area contributed by atoms with Crippen LogP contribution in [0.1, 0.15) is 25.7 Å². The molecule has 0 bridgehead atoms. The van der Waals surface area contributed by atoms with Crippen LogP contribution in [-0.4, -0.2) is 29.9 Å². The van der Waals surface area contributed by atoms with E-state index in [1.54, 1.807) is 0 Å². The zero-order chi connectivity index (χ0) is 23.1. The molecule has 170 valence electrons. The molecule has 0 spiro atoms. The number of anilines is 1. The second-order valence-corrected chi connectivity index (χ2v) is 8.46. The summed E-state index contributed by atoms with van der Waals surface area (Å²) in [5.74, 6) is -0.986. The summed E-state index contributed by atoms with van der Waals surface area (Å²) in [6, 6.07) is 13.6. The minimum absolute atomic E-state index is 0.0695. The quantitative estimate of drug-likeness (QED) is 0.201. The van der Waals surface area contributed by atoms with Crippen LogP contribution in [0.15, 0.2) is 60.3 Å². The molecule has 1 amide bonds. The van der Waals surface area contributed by atoms with E-state index in [4.69, 9.17) is 28.8 Å². The molecule has 0 aliphatic heterocycles. The fraction of sp³-hybridized carbons (Fsp3) is 0.304. The Labute approximate surface area is 191 Å². The number of hydrogen-bond acceptors (Lipinski definition) is 4. The average molecular weight is 460 g/mol. The summed E-state index contributed by atoms with van der Waals surface area (Å²) in [5, 5.41) is 7.50. The summed E-state index contributed by atoms with van der Waals surface area (Å²) >= 11 is 6.07. The van der Waals surface area contributed by atoms with E-state index in [1.165, 1.54) is 30.5 Å². The zero-order valence-corrected chi connectivity index (χ0v) is 18.5. The van der Waals surface area contributed by atoms with Crippen LogP contribution in [0.3, 0.4) is 0 Å². The van der Waals surface area contributed by atoms with Gasteiger partial charge in [0.05, 0.1) is 0 Å². The first-order valence-electron chi connectivity index (χ1n) is 10.5. The van der Waals surface area contributed by atoms with Crippen molar-refractivity contribution in [1.82, 2.24) is 5.32 Å². The number of amides is 1. The first-order valence-corrected chi connectivity index (χ1v) is 10.8. The highest BCUT2D eigenvalue weighted by atomic mass is 35.5. The fourth-order valence-electron chi connectivity index (χ4n) is 3.80. The van der Waals surface area contributed by atoms with Gasteiger partial charge in [-0.25, -0.2) is 9.38 Å². The largest absolute Gasteiger partial charge is 0.383 e. The molecule has 0 unspecified atom stereocenters. The fourth-order valence-corrected chi connectivity index (χ4v) is 3.99. The van der Waals surface area contributed by atoms with Gasteiger partial charge in [0.1, 0.15) is 17.1 Å². The van der Waals surface area contributed by atoms with E-state index in [-0.39, 0.29) is 22.8 Å². The monoisotopic (exact) mass is 459 g/mol. The summed E-state index contributed by atoms with van der Waals surface area (Å²) in [4.78, 5) is 14.9. The topological polar surface area (TPSA) is 133 Å². The highest BCUT2D eigenvalue weighted by Crippen LogP contribution is 2.30. The molecule has 0 atom stereocenters. The molecule has 3 rings (SSSR count). The predicted octanol–water partition coefficient (Wildman–Crippen LogP) is 1.26. The van der Waals surface area contributed by atoms with Crippen molar-refractivity contribution in [1.29, 1.82) is 0 Å². The third-order valence-electron chi connectivity index (χ3n) is 5.73. The Kier molecular flexibility index (Phi) is 7.71. The van der Waals surface area contributed by atoms with E-state index in [2.05, 4.69) is 15.6 Å². The molecule has 0 saturated heterocycles. The summed E-state index contributed by atoms with van der Waals surface area (Å²) < 4.78 is 13.1. The van der Waals surface area contributed by atoms with Crippen LogP contribution in [0, 0.1) is 5.82 Å². The maximum Gasteiger partial charge on any atom is 0.285 e. The van der Waals surface area contributed by atoms with Gasteiger partial charge in [0.15, 0.2) is 0 Å². The lowest BCUT2D eigenvalue weighted by molar-refractivity contribution is -0.354. The molecule has 0 aromatic heterocycles. The summed E-state index contributed by atoms with van der Waals surface area (Å²) in [6.45, 7) is 0.394. The first-order chi connectivity index (χ1) is 15.3. The minimum Gasteiger partial charge on any atom is -0.383 e. The van der Waals surface area contributed by atoms with Gasteiger partial charge >= 0.3 is 0 Å². The average Bonchev–Trinajstić information content (AvgIpc) is 2.76. The van der Waals surface area contributed by atoms with Gasteiger partial charge in [-0.3, -0.25) is 10.5 Å². The van der Waals surface area contributed by atoms with Gasteiger partial charge in [-0.05, 0) is 68.1 Å². The molecule has 1 aliphatic rings. The predicted molar refractivity (Wildman–Crippen MR) is 126 cm³/mol. The number of primary amides is 1. The second kappa shape index (κ2) is 10.5. The molecule has 9 N–H and O–H groups in total. The standard InChI is InChI=1S/C23H28ClFN6O/c24-15-2-1-3-19(12-15)30-18-8-10-23(14-26,11-9-18)29-13-20(22(28)32)21(27)31-17-6-4-16(25)5-7-17/h1-7,12-13,18,29-30H,8-11,14,26H2,(H2,27,31)(H2,28,32)/p+1/b20-13+. The third kappa shape index (κ3) is 6.21. The Bertz CT molecular complexity index is 1000. The summed E-state index contributed by atoms with van der Waals surface area (Å²) in [5.41, 5.74) is 18.9. The number of nitrogens with one attached hydrogen (secondary N) is 3. The number of benzene rings is 2. The summed E-state index contributed by atoms with van der Waals surface area (Å²) in [6.07, 6.45) is 4.91. The van der Waals surface area contributed by atoms with Gasteiger partial charge in [0, 0.05) is 35.0 Å². The van der Waals surface area contributed by atoms with Crippen molar-refractivity contribution in [3.8, 4) is 0 Å². The molecule has 0 radical (unpaired) electrons. The zero-order valence-electron chi connectivity index (χ0n) is 17.7. The van der Waals surface area contributed by atoms with E-state index >= 15 is 0 Å². The van der Waals surface area contributed by atoms with Gasteiger partial charge in [0.25, 0.3) is 11.7 Å². The van der Waals surface area contributed by atoms with Gasteiger partial charge < -0.3 is 22.1 Å². The number of carbonyl (C=O) groups excluding carboxylic acids is 1. The minimum atomic E-state index is -0.687. The van der Waals surface area contributed by atoms with Gasteiger partial charge in [-0.1, -0.05) is 17.7 Å². The van der Waals surface area contributed by atoms with E-state index in [9.17, 15) is 9.18 Å². The first kappa shape index (κ1) is 23.6. The maximum absolute atomic E-state index is 13.1. The Morgan fingerprint density at radius 3 is 2.47 bits per heavy atom. The van der Waals surface area contributed by atoms with Crippen molar-refractivity contribution in [2.75, 3.05) is 11.9 Å². The lowest BCUT2D eigenvalue weighted by Gasteiger charge is -2.40. The third-order valence-corrected chi connectivity index (χ3v) is 5.97. The van der Waals surface area contributed by atoms with Crippen LogP contribution in [0.5, 0.6) is 0 Å². The molecular weight excluding hydrogens is 431 g/mol. The number of carbonyl (C=O) groups is 1. The van der Waals surface area contributed by atoms with Crippen molar-refractivity contribution < 1.29 is 14.2 Å². The van der Waals surface area contributed by atoms with E-state index in [1.807, 2.05) is 24.3 Å². The van der Waals surface area contributed by atoms with Crippen molar-refractivity contribution in [3.05, 3.63) is 71.1 Å². The molecule has 1 aliphatic carbocycles. The SMILES string of the molecule is NCC1(N/C=C(/C(N)=O)C(N)=[NH+]c2ccc(F)cc2)CCC(Nc2cccc(Cl)c2)CC1. The van der Waals surface area contributed by atoms with Crippen molar-refractivity contribution >= 4 is 34.7 Å². The van der Waals surface area contributed by atoms with Crippen LogP contribution >= 0.6 is 11.6 Å². The molecule has 32 heavy (non-hydrogen) atoms. The molecular formula is C23H29ClFN6O+. The summed E-state index contributed by atoms with van der Waals surface area (Å²) in [7, 11) is 0. The number of halogens is 2. The lowest BCUT2D eigenvalue weighted by Crippen LogP contribution is -2.70. The number of nitrogens with two attached hydrogens (primary N) is 3. The molecule has 2 aromatic rings. The second-order valence-electron chi connectivity index (χ2n) is 8.03. The van der Waals surface area contributed by atoms with Gasteiger partial charge in [-0.2, -0.15) is 0 Å². The molecule has 0 heterocycles. The molecule has 1 saturated carbocycles. The molecule has 2 aromatic carbocycles. The Morgan fingerprint density at radius 1 is 1.19 bits per heavy atom. The Morgan fingerprint density at radius 2 is 1.88 bits per heavy atom. The molecule has 1 fully saturated rings.